The van der Waals surface area contributed by atoms with Crippen molar-refractivity contribution in [1.82, 2.24) is 0 Å². The number of allylic oxidation sites excluding steroid dienone is 3. The van der Waals surface area contributed by atoms with E-state index >= 15 is 0 Å². The molecule has 2 aliphatic carbocycles. The van der Waals surface area contributed by atoms with E-state index in [1.807, 2.05) is 12.1 Å². The molecule has 5 rings (SSSR count). The van der Waals surface area contributed by atoms with Crippen LogP contribution in [0.15, 0.2) is 47.6 Å². The number of hydrogen-bond acceptors (Lipinski definition) is 4. The van der Waals surface area contributed by atoms with Crippen molar-refractivity contribution in [2.24, 2.45) is 17.3 Å². The van der Waals surface area contributed by atoms with E-state index in [-0.39, 0.29) is 29.3 Å². The molecular formula is C26H35N2O3+. The Morgan fingerprint density at radius 1 is 1.26 bits per heavy atom. The van der Waals surface area contributed by atoms with Crippen LogP contribution in [0.1, 0.15) is 33.1 Å². The van der Waals surface area contributed by atoms with Gasteiger partial charge in [0.05, 0.1) is 45.5 Å². The number of piperazine rings is 1. The molecule has 0 aromatic heterocycles. The molecule has 2 heterocycles. The number of ether oxygens (including phenoxy) is 2. The minimum atomic E-state index is -0.00964. The topological polar surface area (TPSA) is 43.2 Å². The van der Waals surface area contributed by atoms with Crippen LogP contribution in [-0.4, -0.2) is 51.9 Å². The largest absolute Gasteiger partial charge is 0.495 e. The first kappa shape index (κ1) is 20.6. The van der Waals surface area contributed by atoms with Crippen molar-refractivity contribution in [1.29, 1.82) is 0 Å². The van der Waals surface area contributed by atoms with Crippen molar-refractivity contribution in [3.63, 3.8) is 0 Å². The second kappa shape index (κ2) is 8.01. The van der Waals surface area contributed by atoms with Gasteiger partial charge in [-0.25, -0.2) is 0 Å². The molecule has 2 saturated heterocycles. The normalized spacial score (nSPS) is 33.2. The maximum Gasteiger partial charge on any atom is 0.315 e. The van der Waals surface area contributed by atoms with Gasteiger partial charge in [0.1, 0.15) is 17.8 Å². The molecule has 0 saturated carbocycles. The monoisotopic (exact) mass is 423 g/mol. The summed E-state index contributed by atoms with van der Waals surface area (Å²) in [4.78, 5) is 16.8. The molecule has 0 spiro atoms. The van der Waals surface area contributed by atoms with Crippen LogP contribution in [0.3, 0.4) is 0 Å². The fraction of sp³-hybridized carbons (Fsp3) is 0.577. The van der Waals surface area contributed by atoms with Gasteiger partial charge in [-0.3, -0.25) is 4.79 Å². The zero-order chi connectivity index (χ0) is 21.6. The molecule has 0 unspecified atom stereocenters. The highest BCUT2D eigenvalue weighted by atomic mass is 16.6. The third kappa shape index (κ3) is 3.67. The zero-order valence-corrected chi connectivity index (χ0v) is 19.0. The Kier molecular flexibility index (Phi) is 5.33. The number of quaternary nitrogens is 1. The van der Waals surface area contributed by atoms with Gasteiger partial charge in [0.2, 0.25) is 0 Å². The number of anilines is 1. The van der Waals surface area contributed by atoms with E-state index in [9.17, 15) is 4.79 Å². The Hall–Kier alpha value is -2.27. The van der Waals surface area contributed by atoms with Crippen LogP contribution in [0.4, 0.5) is 5.69 Å². The number of carbonyl (C=O) groups excluding carboxylic acids is 1. The number of esters is 1. The molecule has 5 nitrogen and oxygen atoms in total. The zero-order valence-electron chi connectivity index (χ0n) is 19.0. The minimum absolute atomic E-state index is 0.00964. The van der Waals surface area contributed by atoms with Crippen molar-refractivity contribution in [2.45, 2.75) is 39.2 Å². The Bertz CT molecular complexity index is 915. The lowest BCUT2D eigenvalue weighted by atomic mass is 9.62. The average Bonchev–Trinajstić information content (AvgIpc) is 3.06. The van der Waals surface area contributed by atoms with Gasteiger partial charge in [-0.1, -0.05) is 36.8 Å². The smallest absolute Gasteiger partial charge is 0.315 e. The summed E-state index contributed by atoms with van der Waals surface area (Å²) in [5, 5.41) is 0. The van der Waals surface area contributed by atoms with Gasteiger partial charge in [0.15, 0.2) is 0 Å². The van der Waals surface area contributed by atoms with Gasteiger partial charge >= 0.3 is 5.97 Å². The molecule has 31 heavy (non-hydrogen) atoms. The van der Waals surface area contributed by atoms with Gasteiger partial charge in [-0.05, 0) is 49.3 Å². The lowest BCUT2D eigenvalue weighted by Crippen LogP contribution is -3.15. The molecule has 0 amide bonds. The maximum atomic E-state index is 12.9. The fourth-order valence-corrected chi connectivity index (χ4v) is 6.33. The summed E-state index contributed by atoms with van der Waals surface area (Å²) in [6.45, 7) is 9.49. The molecule has 0 bridgehead atoms. The van der Waals surface area contributed by atoms with Crippen LogP contribution in [0, 0.1) is 17.3 Å². The first-order valence-electron chi connectivity index (χ1n) is 11.8. The van der Waals surface area contributed by atoms with Gasteiger partial charge in [-0.15, -0.1) is 0 Å². The van der Waals surface area contributed by atoms with Crippen LogP contribution in [0.2, 0.25) is 0 Å². The number of benzene rings is 1. The molecule has 4 atom stereocenters. The Morgan fingerprint density at radius 3 is 2.81 bits per heavy atom. The SMILES string of the molecule is COc1ccccc1N1CC[NH+](C[C@@H]2C(=O)O[C@@H]3C[C@@]4(C)CCC=C(C)C4=C[C@H]23)CC1. The molecule has 2 aliphatic heterocycles. The number of nitrogens with one attached hydrogen (secondary N) is 1. The number of hydrogen-bond donors (Lipinski definition) is 1. The van der Waals surface area contributed by atoms with Gasteiger partial charge < -0.3 is 19.3 Å². The second-order valence-corrected chi connectivity index (χ2v) is 10.0. The summed E-state index contributed by atoms with van der Waals surface area (Å²) in [6.07, 6.45) is 8.12. The maximum absolute atomic E-state index is 12.9. The van der Waals surface area contributed by atoms with Crippen LogP contribution in [-0.2, 0) is 9.53 Å². The van der Waals surface area contributed by atoms with Gasteiger partial charge in [0, 0.05) is 5.92 Å². The molecule has 2 fully saturated rings. The molecular weight excluding hydrogens is 388 g/mol. The number of nitrogens with zero attached hydrogens (tertiary/aromatic N) is 1. The number of para-hydroxylation sites is 2. The van der Waals surface area contributed by atoms with E-state index < -0.39 is 0 Å². The molecule has 5 heteroatoms. The van der Waals surface area contributed by atoms with Crippen molar-refractivity contribution < 1.29 is 19.2 Å². The summed E-state index contributed by atoms with van der Waals surface area (Å²) in [6, 6.07) is 8.24. The van der Waals surface area contributed by atoms with Crippen LogP contribution < -0.4 is 14.5 Å². The first-order valence-corrected chi connectivity index (χ1v) is 11.8. The first-order chi connectivity index (χ1) is 15.0. The van der Waals surface area contributed by atoms with E-state index in [0.717, 1.165) is 57.7 Å². The number of methoxy groups -OCH3 is 1. The predicted octanol–water partition coefficient (Wildman–Crippen LogP) is 2.63. The Labute approximate surface area is 185 Å². The predicted molar refractivity (Wildman–Crippen MR) is 121 cm³/mol. The van der Waals surface area contributed by atoms with E-state index in [2.05, 4.69) is 43.0 Å². The molecule has 0 radical (unpaired) electrons. The number of fused-ring (bicyclic) bond motifs is 2. The third-order valence-corrected chi connectivity index (χ3v) is 8.10. The van der Waals surface area contributed by atoms with Crippen molar-refractivity contribution in [3.05, 3.63) is 47.6 Å². The van der Waals surface area contributed by atoms with E-state index in [1.54, 1.807) is 7.11 Å². The highest BCUT2D eigenvalue weighted by Gasteiger charge is 2.52. The third-order valence-electron chi connectivity index (χ3n) is 8.10. The van der Waals surface area contributed by atoms with E-state index in [0.29, 0.717) is 0 Å². The summed E-state index contributed by atoms with van der Waals surface area (Å²) in [5.74, 6) is 1.18. The molecule has 1 N–H and O–H groups in total. The minimum Gasteiger partial charge on any atom is -0.495 e. The summed E-state index contributed by atoms with van der Waals surface area (Å²) in [5.41, 5.74) is 4.21. The molecule has 4 aliphatic rings. The quantitative estimate of drug-likeness (QED) is 0.757. The lowest BCUT2D eigenvalue weighted by Gasteiger charge is -2.43. The summed E-state index contributed by atoms with van der Waals surface area (Å²) < 4.78 is 11.5. The molecule has 1 aromatic carbocycles. The molecule has 166 valence electrons. The number of carbonyl (C=O) groups is 1. The van der Waals surface area contributed by atoms with Gasteiger partial charge in [0.25, 0.3) is 0 Å². The van der Waals surface area contributed by atoms with Crippen LogP contribution in [0.5, 0.6) is 5.75 Å². The Morgan fingerprint density at radius 2 is 2.03 bits per heavy atom. The fourth-order valence-electron chi connectivity index (χ4n) is 6.33. The average molecular weight is 424 g/mol. The van der Waals surface area contributed by atoms with Crippen molar-refractivity contribution >= 4 is 11.7 Å². The van der Waals surface area contributed by atoms with Crippen LogP contribution in [0.25, 0.3) is 0 Å². The number of rotatable bonds is 4. The van der Waals surface area contributed by atoms with Crippen molar-refractivity contribution in [2.75, 3.05) is 44.7 Å². The Balaban J connectivity index is 1.27. The summed E-state index contributed by atoms with van der Waals surface area (Å²) in [7, 11) is 1.73. The lowest BCUT2D eigenvalue weighted by molar-refractivity contribution is -0.903. The second-order valence-electron chi connectivity index (χ2n) is 10.0. The standard InChI is InChI=1S/C26H34N2O3/c1-18-7-6-10-26(2)16-24-19(15-21(18)26)20(25(29)31-24)17-27-11-13-28(14-12-27)22-8-4-5-9-23(22)30-3/h4-5,7-9,15,19-20,24H,6,10-14,16-17H2,1-3H3/p+1/t19-,20+,24-,26-/m1/s1. The van der Waals surface area contributed by atoms with E-state index in [1.165, 1.54) is 21.7 Å². The summed E-state index contributed by atoms with van der Waals surface area (Å²) >= 11 is 0. The molecule has 1 aromatic rings. The van der Waals surface area contributed by atoms with Crippen LogP contribution >= 0.6 is 0 Å². The highest BCUT2D eigenvalue weighted by molar-refractivity contribution is 5.76. The van der Waals surface area contributed by atoms with Crippen molar-refractivity contribution in [3.8, 4) is 5.75 Å². The van der Waals surface area contributed by atoms with E-state index in [4.69, 9.17) is 9.47 Å². The highest BCUT2D eigenvalue weighted by Crippen LogP contribution is 2.52. The van der Waals surface area contributed by atoms with Gasteiger partial charge in [-0.2, -0.15) is 0 Å².